The Morgan fingerprint density at radius 2 is 2.12 bits per heavy atom. The summed E-state index contributed by atoms with van der Waals surface area (Å²) in [5.41, 5.74) is 0.946. The second-order valence-electron chi connectivity index (χ2n) is 3.04. The molecule has 0 bridgehead atoms. The SMILES string of the molecule is Cc1ncc(CSS(=O)(=O)O)c(CO)c1O. The molecule has 0 fully saturated rings. The Bertz CT molecular complexity index is 485. The van der Waals surface area contributed by atoms with E-state index in [4.69, 9.17) is 9.66 Å². The Labute approximate surface area is 96.5 Å². The number of hydrogen-bond acceptors (Lipinski definition) is 6. The zero-order chi connectivity index (χ0) is 12.3. The van der Waals surface area contributed by atoms with Crippen LogP contribution in [0.25, 0.3) is 0 Å². The highest BCUT2D eigenvalue weighted by Crippen LogP contribution is 2.27. The average Bonchev–Trinajstić information content (AvgIpc) is 2.18. The van der Waals surface area contributed by atoms with E-state index < -0.39 is 15.8 Å². The minimum absolute atomic E-state index is 0.0877. The third-order valence-electron chi connectivity index (χ3n) is 1.95. The number of pyridine rings is 1. The lowest BCUT2D eigenvalue weighted by Gasteiger charge is -2.09. The molecule has 0 saturated carbocycles. The monoisotopic (exact) mass is 265 g/mol. The van der Waals surface area contributed by atoms with Gasteiger partial charge in [-0.05, 0) is 12.5 Å². The maximum Gasteiger partial charge on any atom is 0.320 e. The van der Waals surface area contributed by atoms with Crippen LogP contribution in [0.15, 0.2) is 6.20 Å². The number of nitrogens with zero attached hydrogens (tertiary/aromatic N) is 1. The van der Waals surface area contributed by atoms with Crippen molar-refractivity contribution in [1.29, 1.82) is 0 Å². The van der Waals surface area contributed by atoms with Gasteiger partial charge >= 0.3 is 9.15 Å². The van der Waals surface area contributed by atoms with E-state index in [-0.39, 0.29) is 17.1 Å². The van der Waals surface area contributed by atoms with Crippen LogP contribution in [0.1, 0.15) is 16.8 Å². The normalized spacial score (nSPS) is 11.7. The van der Waals surface area contributed by atoms with Gasteiger partial charge in [0.05, 0.1) is 12.3 Å². The molecular formula is C8H11NO5S2. The summed E-state index contributed by atoms with van der Waals surface area (Å²) in [5.74, 6) is -0.244. The first kappa shape index (κ1) is 13.2. The number of rotatable bonds is 4. The average molecular weight is 265 g/mol. The second kappa shape index (κ2) is 5.00. The summed E-state index contributed by atoms with van der Waals surface area (Å²) in [4.78, 5) is 3.84. The van der Waals surface area contributed by atoms with Gasteiger partial charge in [0.1, 0.15) is 5.75 Å². The molecule has 1 heterocycles. The fourth-order valence-corrected chi connectivity index (χ4v) is 2.48. The van der Waals surface area contributed by atoms with Crippen molar-refractivity contribution in [2.24, 2.45) is 0 Å². The van der Waals surface area contributed by atoms with Crippen molar-refractivity contribution in [3.63, 3.8) is 0 Å². The Morgan fingerprint density at radius 3 is 2.62 bits per heavy atom. The van der Waals surface area contributed by atoms with Gasteiger partial charge in [-0.1, -0.05) is 0 Å². The fraction of sp³-hybridized carbons (Fsp3) is 0.375. The number of aryl methyl sites for hydroxylation is 1. The van der Waals surface area contributed by atoms with E-state index in [1.807, 2.05) is 0 Å². The highest BCUT2D eigenvalue weighted by molar-refractivity contribution is 8.69. The molecule has 3 N–H and O–H groups in total. The van der Waals surface area contributed by atoms with Gasteiger partial charge in [-0.3, -0.25) is 9.54 Å². The Balaban J connectivity index is 3.01. The van der Waals surface area contributed by atoms with Gasteiger partial charge < -0.3 is 10.2 Å². The van der Waals surface area contributed by atoms with Gasteiger partial charge in [0.15, 0.2) is 0 Å². The second-order valence-corrected chi connectivity index (χ2v) is 6.39. The van der Waals surface area contributed by atoms with Gasteiger partial charge in [0.25, 0.3) is 0 Å². The number of hydrogen-bond donors (Lipinski definition) is 3. The summed E-state index contributed by atoms with van der Waals surface area (Å²) in [6.45, 7) is 1.14. The van der Waals surface area contributed by atoms with Crippen molar-refractivity contribution in [2.75, 3.05) is 0 Å². The molecule has 0 unspecified atom stereocenters. The van der Waals surface area contributed by atoms with E-state index >= 15 is 0 Å². The molecule has 0 saturated heterocycles. The number of aromatic hydroxyl groups is 1. The molecular weight excluding hydrogens is 254 g/mol. The lowest BCUT2D eigenvalue weighted by Crippen LogP contribution is -1.99. The minimum Gasteiger partial charge on any atom is -0.506 e. The molecule has 1 aromatic rings. The van der Waals surface area contributed by atoms with Crippen LogP contribution >= 0.6 is 10.8 Å². The van der Waals surface area contributed by atoms with Gasteiger partial charge in [0.2, 0.25) is 0 Å². The molecule has 0 spiro atoms. The number of aromatic nitrogens is 1. The molecule has 0 radical (unpaired) electrons. The van der Waals surface area contributed by atoms with Crippen LogP contribution in [-0.2, 0) is 21.5 Å². The molecule has 0 aromatic carbocycles. The quantitative estimate of drug-likeness (QED) is 0.541. The summed E-state index contributed by atoms with van der Waals surface area (Å²) in [6, 6.07) is 0. The lowest BCUT2D eigenvalue weighted by molar-refractivity contribution is 0.274. The molecule has 0 amide bonds. The number of aliphatic hydroxyl groups excluding tert-OH is 1. The smallest absolute Gasteiger partial charge is 0.320 e. The molecule has 90 valence electrons. The van der Waals surface area contributed by atoms with E-state index in [0.717, 1.165) is 0 Å². The first-order chi connectivity index (χ1) is 7.35. The Morgan fingerprint density at radius 1 is 1.50 bits per heavy atom. The molecule has 8 heteroatoms. The Kier molecular flexibility index (Phi) is 4.14. The third-order valence-corrected chi connectivity index (χ3v) is 3.93. The van der Waals surface area contributed by atoms with E-state index in [9.17, 15) is 13.5 Å². The topological polar surface area (TPSA) is 108 Å². The third kappa shape index (κ3) is 3.34. The van der Waals surface area contributed by atoms with E-state index in [0.29, 0.717) is 22.1 Å². The van der Waals surface area contributed by atoms with Crippen molar-refractivity contribution in [3.8, 4) is 5.75 Å². The van der Waals surface area contributed by atoms with Crippen LogP contribution in [0.4, 0.5) is 0 Å². The molecule has 0 aliphatic heterocycles. The van der Waals surface area contributed by atoms with Crippen molar-refractivity contribution >= 4 is 19.9 Å². The standard InChI is InChI=1S/C8H11NO5S2/c1-5-8(11)7(3-10)6(2-9-5)4-15-16(12,13)14/h2,10-11H,3-4H2,1H3,(H,12,13,14). The van der Waals surface area contributed by atoms with E-state index in [1.165, 1.54) is 6.20 Å². The Hall–Kier alpha value is -0.830. The summed E-state index contributed by atoms with van der Waals surface area (Å²) in [7, 11) is -3.85. The van der Waals surface area contributed by atoms with Crippen LogP contribution in [0.5, 0.6) is 5.75 Å². The highest BCUT2D eigenvalue weighted by atomic mass is 33.1. The maximum absolute atomic E-state index is 10.5. The van der Waals surface area contributed by atoms with Gasteiger partial charge in [-0.25, -0.2) is 0 Å². The summed E-state index contributed by atoms with van der Waals surface area (Å²) in [5, 5.41) is 18.6. The first-order valence-corrected chi connectivity index (χ1v) is 7.18. The molecule has 16 heavy (non-hydrogen) atoms. The van der Waals surface area contributed by atoms with Gasteiger partial charge in [0, 0.05) is 28.3 Å². The summed E-state index contributed by atoms with van der Waals surface area (Å²) < 4.78 is 29.6. The highest BCUT2D eigenvalue weighted by Gasteiger charge is 2.13. The van der Waals surface area contributed by atoms with Crippen molar-refractivity contribution in [3.05, 3.63) is 23.0 Å². The van der Waals surface area contributed by atoms with Crippen LogP contribution in [0.2, 0.25) is 0 Å². The molecule has 0 aliphatic carbocycles. The zero-order valence-electron chi connectivity index (χ0n) is 8.41. The van der Waals surface area contributed by atoms with E-state index in [1.54, 1.807) is 6.92 Å². The van der Waals surface area contributed by atoms with Crippen LogP contribution in [0.3, 0.4) is 0 Å². The van der Waals surface area contributed by atoms with Crippen LogP contribution in [-0.4, -0.2) is 28.2 Å². The minimum atomic E-state index is -4.14. The predicted octanol–water partition coefficient (Wildman–Crippen LogP) is 0.624. The molecule has 6 nitrogen and oxygen atoms in total. The molecule has 0 atom stereocenters. The number of aliphatic hydroxyl groups is 1. The lowest BCUT2D eigenvalue weighted by atomic mass is 10.1. The molecule has 0 aliphatic rings. The van der Waals surface area contributed by atoms with Gasteiger partial charge in [-0.2, -0.15) is 8.42 Å². The largest absolute Gasteiger partial charge is 0.506 e. The molecule has 1 aromatic heterocycles. The maximum atomic E-state index is 10.5. The van der Waals surface area contributed by atoms with Gasteiger partial charge in [-0.15, -0.1) is 0 Å². The van der Waals surface area contributed by atoms with Crippen molar-refractivity contribution in [2.45, 2.75) is 19.3 Å². The summed E-state index contributed by atoms with van der Waals surface area (Å²) in [6.07, 6.45) is 1.36. The predicted molar refractivity (Wildman–Crippen MR) is 59.4 cm³/mol. The molecule has 1 rings (SSSR count). The van der Waals surface area contributed by atoms with Crippen LogP contribution < -0.4 is 0 Å². The zero-order valence-corrected chi connectivity index (χ0v) is 10.0. The fourth-order valence-electron chi connectivity index (χ4n) is 1.12. The van der Waals surface area contributed by atoms with Crippen molar-refractivity contribution < 1.29 is 23.2 Å². The first-order valence-electron chi connectivity index (χ1n) is 4.24. The van der Waals surface area contributed by atoms with Crippen LogP contribution in [0, 0.1) is 6.92 Å². The van der Waals surface area contributed by atoms with Crippen molar-refractivity contribution in [1.82, 2.24) is 4.98 Å². The summed E-state index contributed by atoms with van der Waals surface area (Å²) >= 11 is 0. The van der Waals surface area contributed by atoms with E-state index in [2.05, 4.69) is 4.98 Å².